The van der Waals surface area contributed by atoms with Gasteiger partial charge in [-0.25, -0.2) is 8.78 Å². The van der Waals surface area contributed by atoms with Gasteiger partial charge in [-0.1, -0.05) is 65.0 Å². The number of methoxy groups -OCH3 is 1. The maximum atomic E-state index is 15.1. The molecule has 1 unspecified atom stereocenters. The van der Waals surface area contributed by atoms with E-state index in [0.717, 1.165) is 23.8 Å². The summed E-state index contributed by atoms with van der Waals surface area (Å²) in [5, 5.41) is 20.0. The Kier molecular flexibility index (Phi) is 17.0. The molecule has 15 nitrogen and oxygen atoms in total. The van der Waals surface area contributed by atoms with Crippen LogP contribution in [0.3, 0.4) is 0 Å². The summed E-state index contributed by atoms with van der Waals surface area (Å²) in [5.74, 6) is -4.73. The number of carbonyl (C=O) groups is 5. The molecule has 0 bridgehead atoms. The number of aliphatic hydroxyl groups excluding tert-OH is 1. The molecular formula is C41H58F2N8O7. The Hall–Kier alpha value is -5.23. The van der Waals surface area contributed by atoms with Gasteiger partial charge in [-0.15, -0.1) is 0 Å². The minimum atomic E-state index is -1.32. The van der Waals surface area contributed by atoms with Crippen molar-refractivity contribution >= 4 is 29.5 Å². The van der Waals surface area contributed by atoms with E-state index in [-0.39, 0.29) is 24.4 Å². The lowest BCUT2D eigenvalue weighted by Gasteiger charge is -2.41. The van der Waals surface area contributed by atoms with Gasteiger partial charge in [-0.2, -0.15) is 0 Å². The highest BCUT2D eigenvalue weighted by Crippen LogP contribution is 2.41. The van der Waals surface area contributed by atoms with E-state index in [1.54, 1.807) is 26.1 Å². The third-order valence-corrected chi connectivity index (χ3v) is 9.56. The Morgan fingerprint density at radius 1 is 0.845 bits per heavy atom. The number of aromatic nitrogens is 1. The van der Waals surface area contributed by atoms with Gasteiger partial charge in [-0.3, -0.25) is 24.0 Å². The number of hydrogen-bond donors (Lipinski definition) is 7. The van der Waals surface area contributed by atoms with Gasteiger partial charge in [0.05, 0.1) is 18.1 Å². The molecule has 58 heavy (non-hydrogen) atoms. The Morgan fingerprint density at radius 2 is 1.43 bits per heavy atom. The summed E-state index contributed by atoms with van der Waals surface area (Å²) in [4.78, 5) is 66.2. The number of nitrogens with one attached hydrogen (secondary N) is 4. The molecular weight excluding hydrogens is 754 g/mol. The van der Waals surface area contributed by atoms with E-state index in [1.807, 2.05) is 55.7 Å². The minimum Gasteiger partial charge on any atom is -0.387 e. The number of amides is 5. The molecule has 0 fully saturated rings. The second kappa shape index (κ2) is 21.0. The highest BCUT2D eigenvalue weighted by molar-refractivity contribution is 5.91. The SMILES string of the molecule is COC(NC(=O)[C@H](C)NC(=O)[C@@H](N)C(C)C)NC(=O)[C@@H](C)NC(=O)[C@@H](N)CCN(C(=O)CO)[C@@H](c1cc(-c2cc(F)ccc2F)cn1Cc1ccccc1)C(C)(C)C. The third kappa shape index (κ3) is 12.9. The lowest BCUT2D eigenvalue weighted by atomic mass is 9.82. The van der Waals surface area contributed by atoms with Crippen LogP contribution in [0.1, 0.15) is 72.2 Å². The highest BCUT2D eigenvalue weighted by atomic mass is 19.1. The van der Waals surface area contributed by atoms with Gasteiger partial charge >= 0.3 is 0 Å². The van der Waals surface area contributed by atoms with Gasteiger partial charge in [0.15, 0.2) is 0 Å². The maximum absolute atomic E-state index is 15.1. The van der Waals surface area contributed by atoms with Crippen LogP contribution < -0.4 is 32.7 Å². The van der Waals surface area contributed by atoms with E-state index in [2.05, 4.69) is 21.3 Å². The number of carbonyl (C=O) groups excluding carboxylic acids is 5. The number of ether oxygens (including phenoxy) is 1. The van der Waals surface area contributed by atoms with Crippen LogP contribution in [0, 0.1) is 23.0 Å². The van der Waals surface area contributed by atoms with Gasteiger partial charge in [0.25, 0.3) is 0 Å². The summed E-state index contributed by atoms with van der Waals surface area (Å²) in [6.45, 7) is 11.4. The molecule has 0 saturated heterocycles. The number of benzene rings is 2. The third-order valence-electron chi connectivity index (χ3n) is 9.56. The first kappa shape index (κ1) is 47.1. The Labute approximate surface area is 338 Å². The second-order valence-electron chi connectivity index (χ2n) is 15.7. The molecule has 17 heteroatoms. The molecule has 0 aliphatic heterocycles. The number of nitrogens with zero attached hydrogens (tertiary/aromatic N) is 2. The van der Waals surface area contributed by atoms with Crippen LogP contribution >= 0.6 is 0 Å². The van der Waals surface area contributed by atoms with Crippen LogP contribution in [0.2, 0.25) is 0 Å². The molecule has 5 amide bonds. The summed E-state index contributed by atoms with van der Waals surface area (Å²) in [7, 11) is 1.23. The Morgan fingerprint density at radius 3 is 1.97 bits per heavy atom. The van der Waals surface area contributed by atoms with Crippen molar-refractivity contribution < 1.29 is 42.6 Å². The molecule has 0 radical (unpaired) electrons. The van der Waals surface area contributed by atoms with Gasteiger partial charge < -0.3 is 52.0 Å². The molecule has 0 aliphatic rings. The minimum absolute atomic E-state index is 0.0298. The first-order valence-electron chi connectivity index (χ1n) is 19.0. The van der Waals surface area contributed by atoms with E-state index < -0.39 is 89.8 Å². The average molecular weight is 813 g/mol. The fourth-order valence-corrected chi connectivity index (χ4v) is 6.24. The zero-order valence-electron chi connectivity index (χ0n) is 34.3. The van der Waals surface area contributed by atoms with Crippen LogP contribution in [0.25, 0.3) is 11.1 Å². The van der Waals surface area contributed by atoms with Gasteiger partial charge in [-0.05, 0) is 61.4 Å². The molecule has 0 saturated carbocycles. The van der Waals surface area contributed by atoms with E-state index in [0.29, 0.717) is 17.8 Å². The fraction of sp³-hybridized carbons (Fsp3) is 0.488. The molecule has 1 aromatic heterocycles. The Bertz CT molecular complexity index is 1890. The fourth-order valence-electron chi connectivity index (χ4n) is 6.24. The highest BCUT2D eigenvalue weighted by Gasteiger charge is 2.38. The number of nitrogens with two attached hydrogens (primary N) is 2. The lowest BCUT2D eigenvalue weighted by molar-refractivity contribution is -0.140. The van der Waals surface area contributed by atoms with Gasteiger partial charge in [0.1, 0.15) is 30.3 Å². The predicted octanol–water partition coefficient (Wildman–Crippen LogP) is 2.26. The molecule has 9 N–H and O–H groups in total. The molecule has 6 atom stereocenters. The number of aliphatic hydroxyl groups is 1. The zero-order valence-corrected chi connectivity index (χ0v) is 34.3. The standard InChI is InChI=1S/C41H58F2N8O7/c1-23(2)34(45)39(57)47-25(4)37(55)49-40(58-8)48-36(54)24(3)46-38(56)31(44)16-17-51(33(53)22-52)35(41(5,6)7)32-18-27(29-19-28(42)14-15-30(29)43)21-50(32)20-26-12-10-9-11-13-26/h9-15,18-19,21,23-25,31,34-35,40,52H,16-17,20,22,44-45H2,1-8H3,(H,46,56)(H,47,57)(H,48,54)(H,49,55)/t24-,25+,31+,34+,35+,40?/m1/s1. The van der Waals surface area contributed by atoms with Crippen molar-refractivity contribution in [2.75, 3.05) is 20.3 Å². The molecule has 2 aromatic carbocycles. The van der Waals surface area contributed by atoms with Crippen LogP contribution in [0.5, 0.6) is 0 Å². The molecule has 3 rings (SSSR count). The first-order chi connectivity index (χ1) is 27.2. The summed E-state index contributed by atoms with van der Waals surface area (Å²) in [5.41, 5.74) is 13.3. The largest absolute Gasteiger partial charge is 0.387 e. The number of halogens is 2. The van der Waals surface area contributed by atoms with Crippen molar-refractivity contribution in [1.82, 2.24) is 30.7 Å². The van der Waals surface area contributed by atoms with Crippen LogP contribution in [0.4, 0.5) is 8.78 Å². The normalized spacial score (nSPS) is 14.7. The summed E-state index contributed by atoms with van der Waals surface area (Å²) >= 11 is 0. The van der Waals surface area contributed by atoms with Crippen LogP contribution in [0.15, 0.2) is 60.8 Å². The number of hydrogen-bond acceptors (Lipinski definition) is 9. The number of rotatable bonds is 19. The lowest BCUT2D eigenvalue weighted by Crippen LogP contribution is -2.59. The van der Waals surface area contributed by atoms with Crippen LogP contribution in [-0.2, 0) is 35.3 Å². The van der Waals surface area contributed by atoms with Crippen LogP contribution in [-0.4, -0.2) is 94.9 Å². The predicted molar refractivity (Wildman–Crippen MR) is 214 cm³/mol. The van der Waals surface area contributed by atoms with E-state index >= 15 is 4.39 Å². The molecule has 0 spiro atoms. The molecule has 318 valence electrons. The topological polar surface area (TPSA) is 223 Å². The average Bonchev–Trinajstić information content (AvgIpc) is 3.57. The van der Waals surface area contributed by atoms with Crippen molar-refractivity contribution in [3.05, 3.63) is 83.7 Å². The quantitative estimate of drug-likeness (QED) is 0.0882. The van der Waals surface area contributed by atoms with Gasteiger partial charge in [0.2, 0.25) is 35.9 Å². The summed E-state index contributed by atoms with van der Waals surface area (Å²) in [6, 6.07) is 9.31. The van der Waals surface area contributed by atoms with Crippen molar-refractivity contribution in [3.63, 3.8) is 0 Å². The van der Waals surface area contributed by atoms with E-state index in [1.165, 1.54) is 25.9 Å². The Balaban J connectivity index is 1.78. The smallest absolute Gasteiger partial charge is 0.248 e. The maximum Gasteiger partial charge on any atom is 0.248 e. The monoisotopic (exact) mass is 812 g/mol. The molecule has 3 aromatic rings. The van der Waals surface area contributed by atoms with Crippen molar-refractivity contribution in [2.45, 2.75) is 98.0 Å². The summed E-state index contributed by atoms with van der Waals surface area (Å²) in [6.07, 6.45) is 0.273. The van der Waals surface area contributed by atoms with Crippen molar-refractivity contribution in [1.29, 1.82) is 0 Å². The first-order valence-corrected chi connectivity index (χ1v) is 19.0. The van der Waals surface area contributed by atoms with Crippen molar-refractivity contribution in [3.8, 4) is 11.1 Å². The molecule has 1 heterocycles. The van der Waals surface area contributed by atoms with Crippen molar-refractivity contribution in [2.24, 2.45) is 22.8 Å². The van der Waals surface area contributed by atoms with Gasteiger partial charge in [0, 0.05) is 43.2 Å². The van der Waals surface area contributed by atoms with E-state index in [4.69, 9.17) is 16.2 Å². The summed E-state index contributed by atoms with van der Waals surface area (Å²) < 4.78 is 36.4. The zero-order chi connectivity index (χ0) is 43.5. The second-order valence-corrected chi connectivity index (χ2v) is 15.7. The van der Waals surface area contributed by atoms with E-state index in [9.17, 15) is 33.5 Å². The molecule has 0 aliphatic carbocycles.